The Morgan fingerprint density at radius 1 is 1.32 bits per heavy atom. The Kier molecular flexibility index (Phi) is 3.95. The molecule has 0 aliphatic heterocycles. The molecule has 0 saturated heterocycles. The molecule has 2 aromatic heterocycles. The fourth-order valence-corrected chi connectivity index (χ4v) is 2.05. The van der Waals surface area contributed by atoms with E-state index < -0.39 is 0 Å². The first-order valence-corrected chi connectivity index (χ1v) is 6.57. The molecular weight excluding hydrogens is 238 g/mol. The van der Waals surface area contributed by atoms with Crippen LogP contribution in [0.25, 0.3) is 5.69 Å². The summed E-state index contributed by atoms with van der Waals surface area (Å²) in [6, 6.07) is 2.06. The number of nitrogens with one attached hydrogen (secondary N) is 1. The van der Waals surface area contributed by atoms with Crippen LogP contribution in [-0.2, 0) is 6.54 Å². The standard InChI is InChI=1S/C14H21N5/c1-9(2)14-16-8-13(12(17-14)7-15-5)19-11(4)6-10(3)18-19/h6,8-9,15H,7H2,1-5H3. The molecule has 2 heterocycles. The van der Waals surface area contributed by atoms with E-state index in [0.29, 0.717) is 12.5 Å². The quantitative estimate of drug-likeness (QED) is 0.913. The van der Waals surface area contributed by atoms with Crippen LogP contribution in [-0.4, -0.2) is 26.8 Å². The van der Waals surface area contributed by atoms with E-state index in [1.807, 2.05) is 31.8 Å². The van der Waals surface area contributed by atoms with Crippen molar-refractivity contribution in [2.45, 2.75) is 40.2 Å². The van der Waals surface area contributed by atoms with Gasteiger partial charge in [0, 0.05) is 18.2 Å². The van der Waals surface area contributed by atoms with Crippen molar-refractivity contribution in [3.63, 3.8) is 0 Å². The van der Waals surface area contributed by atoms with Crippen molar-refractivity contribution in [2.75, 3.05) is 7.05 Å². The maximum Gasteiger partial charge on any atom is 0.131 e. The lowest BCUT2D eigenvalue weighted by Gasteiger charge is -2.12. The van der Waals surface area contributed by atoms with Crippen molar-refractivity contribution in [3.05, 3.63) is 35.2 Å². The van der Waals surface area contributed by atoms with Crippen molar-refractivity contribution in [2.24, 2.45) is 0 Å². The molecule has 0 atom stereocenters. The molecule has 5 heteroatoms. The highest BCUT2D eigenvalue weighted by Crippen LogP contribution is 2.17. The van der Waals surface area contributed by atoms with Gasteiger partial charge < -0.3 is 5.32 Å². The maximum absolute atomic E-state index is 4.65. The van der Waals surface area contributed by atoms with E-state index in [2.05, 4.69) is 40.3 Å². The zero-order valence-electron chi connectivity index (χ0n) is 12.2. The Morgan fingerprint density at radius 3 is 2.58 bits per heavy atom. The van der Waals surface area contributed by atoms with E-state index >= 15 is 0 Å². The average Bonchev–Trinajstić information content (AvgIpc) is 2.68. The summed E-state index contributed by atoms with van der Waals surface area (Å²) in [7, 11) is 1.92. The van der Waals surface area contributed by atoms with Crippen molar-refractivity contribution in [1.29, 1.82) is 0 Å². The van der Waals surface area contributed by atoms with Gasteiger partial charge in [-0.25, -0.2) is 14.6 Å². The second-order valence-electron chi connectivity index (χ2n) is 5.08. The summed E-state index contributed by atoms with van der Waals surface area (Å²) in [5.41, 5.74) is 4.02. The Balaban J connectivity index is 2.53. The van der Waals surface area contributed by atoms with Crippen LogP contribution >= 0.6 is 0 Å². The number of rotatable bonds is 4. The lowest BCUT2D eigenvalue weighted by Crippen LogP contribution is -2.15. The molecule has 102 valence electrons. The molecule has 0 aromatic carbocycles. The molecule has 0 saturated carbocycles. The van der Waals surface area contributed by atoms with Gasteiger partial charge >= 0.3 is 0 Å². The summed E-state index contributed by atoms with van der Waals surface area (Å²) in [4.78, 5) is 9.10. The van der Waals surface area contributed by atoms with Crippen LogP contribution < -0.4 is 5.32 Å². The molecule has 0 radical (unpaired) electrons. The summed E-state index contributed by atoms with van der Waals surface area (Å²) >= 11 is 0. The summed E-state index contributed by atoms with van der Waals surface area (Å²) in [6.45, 7) is 8.93. The molecule has 0 amide bonds. The summed E-state index contributed by atoms with van der Waals surface area (Å²) in [5.74, 6) is 1.20. The van der Waals surface area contributed by atoms with Gasteiger partial charge in [0.1, 0.15) is 11.5 Å². The van der Waals surface area contributed by atoms with E-state index in [1.165, 1.54) is 0 Å². The van der Waals surface area contributed by atoms with E-state index in [4.69, 9.17) is 0 Å². The van der Waals surface area contributed by atoms with Crippen molar-refractivity contribution < 1.29 is 0 Å². The molecule has 19 heavy (non-hydrogen) atoms. The van der Waals surface area contributed by atoms with Crippen molar-refractivity contribution >= 4 is 0 Å². The monoisotopic (exact) mass is 259 g/mol. The number of hydrogen-bond acceptors (Lipinski definition) is 4. The number of aromatic nitrogens is 4. The van der Waals surface area contributed by atoms with Gasteiger partial charge in [-0.15, -0.1) is 0 Å². The zero-order chi connectivity index (χ0) is 14.0. The summed E-state index contributed by atoms with van der Waals surface area (Å²) in [5, 5.41) is 7.66. The Labute approximate surface area is 114 Å². The SMILES string of the molecule is CNCc1nc(C(C)C)ncc1-n1nc(C)cc1C. The first-order chi connectivity index (χ1) is 9.02. The van der Waals surface area contributed by atoms with Gasteiger partial charge in [-0.1, -0.05) is 13.8 Å². The van der Waals surface area contributed by atoms with E-state index in [-0.39, 0.29) is 0 Å². The van der Waals surface area contributed by atoms with E-state index in [1.54, 1.807) is 0 Å². The molecule has 0 unspecified atom stereocenters. The molecule has 0 fully saturated rings. The second-order valence-corrected chi connectivity index (χ2v) is 5.08. The van der Waals surface area contributed by atoms with Gasteiger partial charge in [0.2, 0.25) is 0 Å². The summed E-state index contributed by atoms with van der Waals surface area (Å²) in [6.07, 6.45) is 1.87. The van der Waals surface area contributed by atoms with Gasteiger partial charge in [0.25, 0.3) is 0 Å². The molecule has 0 spiro atoms. The molecule has 2 rings (SSSR count). The van der Waals surface area contributed by atoms with Crippen LogP contribution in [0.15, 0.2) is 12.3 Å². The molecule has 5 nitrogen and oxygen atoms in total. The second kappa shape index (κ2) is 5.48. The molecular formula is C14H21N5. The highest BCUT2D eigenvalue weighted by molar-refractivity contribution is 5.36. The van der Waals surface area contributed by atoms with E-state index in [9.17, 15) is 0 Å². The topological polar surface area (TPSA) is 55.6 Å². The predicted molar refractivity (Wildman–Crippen MR) is 75.5 cm³/mol. The summed E-state index contributed by atoms with van der Waals surface area (Å²) < 4.78 is 1.91. The number of nitrogens with zero attached hydrogens (tertiary/aromatic N) is 4. The maximum atomic E-state index is 4.65. The first kappa shape index (κ1) is 13.7. The van der Waals surface area contributed by atoms with Crippen LogP contribution in [0.4, 0.5) is 0 Å². The molecule has 1 N–H and O–H groups in total. The van der Waals surface area contributed by atoms with Crippen LogP contribution in [0.2, 0.25) is 0 Å². The van der Waals surface area contributed by atoms with Gasteiger partial charge in [-0.05, 0) is 27.0 Å². The fraction of sp³-hybridized carbons (Fsp3) is 0.500. The van der Waals surface area contributed by atoms with Crippen LogP contribution in [0.3, 0.4) is 0 Å². The Bertz CT molecular complexity index is 571. The van der Waals surface area contributed by atoms with Gasteiger partial charge in [-0.2, -0.15) is 5.10 Å². The third kappa shape index (κ3) is 2.81. The lowest BCUT2D eigenvalue weighted by molar-refractivity contribution is 0.702. The van der Waals surface area contributed by atoms with Crippen LogP contribution in [0.1, 0.15) is 42.7 Å². The van der Waals surface area contributed by atoms with Gasteiger partial charge in [0.15, 0.2) is 0 Å². The highest BCUT2D eigenvalue weighted by Gasteiger charge is 2.13. The minimum atomic E-state index is 0.324. The van der Waals surface area contributed by atoms with Crippen LogP contribution in [0, 0.1) is 13.8 Å². The minimum Gasteiger partial charge on any atom is -0.314 e. The minimum absolute atomic E-state index is 0.324. The Morgan fingerprint density at radius 2 is 2.05 bits per heavy atom. The largest absolute Gasteiger partial charge is 0.314 e. The molecule has 0 bridgehead atoms. The third-order valence-corrected chi connectivity index (χ3v) is 2.96. The average molecular weight is 259 g/mol. The highest BCUT2D eigenvalue weighted by atomic mass is 15.3. The van der Waals surface area contributed by atoms with Crippen molar-refractivity contribution in [1.82, 2.24) is 25.1 Å². The van der Waals surface area contributed by atoms with Crippen molar-refractivity contribution in [3.8, 4) is 5.69 Å². The smallest absolute Gasteiger partial charge is 0.131 e. The van der Waals surface area contributed by atoms with E-state index in [0.717, 1.165) is 28.6 Å². The van der Waals surface area contributed by atoms with Gasteiger partial charge in [-0.3, -0.25) is 0 Å². The van der Waals surface area contributed by atoms with Crippen LogP contribution in [0.5, 0.6) is 0 Å². The fourth-order valence-electron chi connectivity index (χ4n) is 2.05. The normalized spacial score (nSPS) is 11.3. The first-order valence-electron chi connectivity index (χ1n) is 6.57. The molecule has 0 aliphatic carbocycles. The third-order valence-electron chi connectivity index (χ3n) is 2.96. The predicted octanol–water partition coefficient (Wildman–Crippen LogP) is 2.12. The Hall–Kier alpha value is -1.75. The van der Waals surface area contributed by atoms with Gasteiger partial charge in [0.05, 0.1) is 17.6 Å². The lowest BCUT2D eigenvalue weighted by atomic mass is 10.2. The zero-order valence-corrected chi connectivity index (χ0v) is 12.2. The molecule has 2 aromatic rings. The number of hydrogen-bond donors (Lipinski definition) is 1. The molecule has 0 aliphatic rings. The number of aryl methyl sites for hydroxylation is 2.